The molecule has 2 N–H and O–H groups in total. The standard InChI is InChI=1S/C18H17F2N5O2/c19-12-3-2-11(13(20)6-12)7-18(17(26)27)4-1-5-25(8-18)16-14-15(22-9-21-14)23-10-24-16/h2-3,6,9-10H,1,4-5,7-8H2,(H,26,27)(H,21,22,23,24)/t18-/m1/s1. The highest BCUT2D eigenvalue weighted by Gasteiger charge is 2.43. The highest BCUT2D eigenvalue weighted by Crippen LogP contribution is 2.37. The van der Waals surface area contributed by atoms with Crippen molar-refractivity contribution in [2.24, 2.45) is 5.41 Å². The highest BCUT2D eigenvalue weighted by molar-refractivity contribution is 5.84. The van der Waals surface area contributed by atoms with E-state index in [1.54, 1.807) is 0 Å². The maximum atomic E-state index is 14.1. The third kappa shape index (κ3) is 3.09. The summed E-state index contributed by atoms with van der Waals surface area (Å²) in [6, 6.07) is 3.24. The number of piperidine rings is 1. The molecule has 140 valence electrons. The Hall–Kier alpha value is -3.10. The topological polar surface area (TPSA) is 95.0 Å². The van der Waals surface area contributed by atoms with Gasteiger partial charge in [-0.2, -0.15) is 0 Å². The monoisotopic (exact) mass is 373 g/mol. The van der Waals surface area contributed by atoms with Gasteiger partial charge in [-0.1, -0.05) is 6.07 Å². The fourth-order valence-corrected chi connectivity index (χ4v) is 3.73. The fourth-order valence-electron chi connectivity index (χ4n) is 3.73. The van der Waals surface area contributed by atoms with E-state index in [0.29, 0.717) is 36.4 Å². The molecule has 1 atom stereocenters. The number of nitrogens with zero attached hydrogens (tertiary/aromatic N) is 4. The van der Waals surface area contributed by atoms with Gasteiger partial charge in [0.25, 0.3) is 0 Å². The van der Waals surface area contributed by atoms with Gasteiger partial charge in [-0.3, -0.25) is 4.79 Å². The first-order chi connectivity index (χ1) is 13.0. The normalized spacial score (nSPS) is 20.1. The molecule has 3 aromatic rings. The Morgan fingerprint density at radius 1 is 1.30 bits per heavy atom. The van der Waals surface area contributed by atoms with Crippen molar-refractivity contribution < 1.29 is 18.7 Å². The number of H-pyrrole nitrogens is 1. The molecule has 9 heteroatoms. The second kappa shape index (κ2) is 6.57. The number of rotatable bonds is 4. The Kier molecular flexibility index (Phi) is 4.21. The van der Waals surface area contributed by atoms with Gasteiger partial charge in [-0.15, -0.1) is 0 Å². The molecule has 7 nitrogen and oxygen atoms in total. The summed E-state index contributed by atoms with van der Waals surface area (Å²) < 4.78 is 27.3. The van der Waals surface area contributed by atoms with Crippen LogP contribution in [0.25, 0.3) is 11.2 Å². The van der Waals surface area contributed by atoms with Gasteiger partial charge in [0, 0.05) is 19.2 Å². The van der Waals surface area contributed by atoms with E-state index >= 15 is 0 Å². The Morgan fingerprint density at radius 2 is 2.15 bits per heavy atom. The molecule has 0 saturated carbocycles. The lowest BCUT2D eigenvalue weighted by Gasteiger charge is -2.40. The molecular weight excluding hydrogens is 356 g/mol. The molecule has 0 unspecified atom stereocenters. The van der Waals surface area contributed by atoms with Crippen molar-refractivity contribution in [2.75, 3.05) is 18.0 Å². The van der Waals surface area contributed by atoms with E-state index in [2.05, 4.69) is 19.9 Å². The summed E-state index contributed by atoms with van der Waals surface area (Å²) in [4.78, 5) is 29.5. The quantitative estimate of drug-likeness (QED) is 0.730. The lowest BCUT2D eigenvalue weighted by molar-refractivity contribution is -0.149. The van der Waals surface area contributed by atoms with Crippen LogP contribution in [0.15, 0.2) is 30.9 Å². The minimum atomic E-state index is -1.20. The van der Waals surface area contributed by atoms with Gasteiger partial charge in [0.15, 0.2) is 11.5 Å². The van der Waals surface area contributed by atoms with Crippen LogP contribution in [0, 0.1) is 17.0 Å². The van der Waals surface area contributed by atoms with Crippen LogP contribution in [0.3, 0.4) is 0 Å². The number of aromatic nitrogens is 4. The van der Waals surface area contributed by atoms with Crippen LogP contribution in [0.2, 0.25) is 0 Å². The van der Waals surface area contributed by atoms with E-state index in [4.69, 9.17) is 0 Å². The first-order valence-corrected chi connectivity index (χ1v) is 8.55. The lowest BCUT2D eigenvalue weighted by Crippen LogP contribution is -2.49. The van der Waals surface area contributed by atoms with Gasteiger partial charge in [-0.05, 0) is 30.9 Å². The number of aromatic amines is 1. The summed E-state index contributed by atoms with van der Waals surface area (Å²) in [5, 5.41) is 9.96. The number of halogens is 2. The van der Waals surface area contributed by atoms with Crippen molar-refractivity contribution >= 4 is 23.0 Å². The lowest BCUT2D eigenvalue weighted by atomic mass is 9.75. The Bertz CT molecular complexity index is 1010. The minimum Gasteiger partial charge on any atom is -0.481 e. The van der Waals surface area contributed by atoms with Crippen LogP contribution in [0.1, 0.15) is 18.4 Å². The van der Waals surface area contributed by atoms with E-state index in [1.165, 1.54) is 18.7 Å². The Morgan fingerprint density at radius 3 is 2.93 bits per heavy atom. The van der Waals surface area contributed by atoms with E-state index in [-0.39, 0.29) is 18.5 Å². The van der Waals surface area contributed by atoms with Crippen molar-refractivity contribution in [3.8, 4) is 0 Å². The number of hydrogen-bond donors (Lipinski definition) is 2. The van der Waals surface area contributed by atoms with E-state index in [0.717, 1.165) is 12.1 Å². The zero-order valence-corrected chi connectivity index (χ0v) is 14.3. The number of benzene rings is 1. The summed E-state index contributed by atoms with van der Waals surface area (Å²) in [7, 11) is 0. The van der Waals surface area contributed by atoms with Crippen LogP contribution in [-0.4, -0.2) is 44.1 Å². The zero-order chi connectivity index (χ0) is 19.0. The SMILES string of the molecule is O=C(O)[C@@]1(Cc2ccc(F)cc2F)CCCN(c2ncnc3nc[nH]c23)C1. The van der Waals surface area contributed by atoms with Crippen molar-refractivity contribution in [3.05, 3.63) is 48.1 Å². The second-order valence-electron chi connectivity index (χ2n) is 6.82. The van der Waals surface area contributed by atoms with E-state index in [1.807, 2.05) is 4.90 Å². The van der Waals surface area contributed by atoms with Crippen LogP contribution in [0.5, 0.6) is 0 Å². The van der Waals surface area contributed by atoms with Crippen molar-refractivity contribution in [3.63, 3.8) is 0 Å². The molecule has 0 amide bonds. The van der Waals surface area contributed by atoms with Crippen molar-refractivity contribution in [1.82, 2.24) is 19.9 Å². The molecule has 1 aromatic carbocycles. The van der Waals surface area contributed by atoms with E-state index < -0.39 is 23.0 Å². The Labute approximate surface area is 153 Å². The van der Waals surface area contributed by atoms with Gasteiger partial charge >= 0.3 is 5.97 Å². The number of carboxylic acids is 1. The molecule has 0 spiro atoms. The third-order valence-corrected chi connectivity index (χ3v) is 5.08. The number of anilines is 1. The van der Waals surface area contributed by atoms with Crippen molar-refractivity contribution in [2.45, 2.75) is 19.3 Å². The molecule has 0 aliphatic carbocycles. The van der Waals surface area contributed by atoms with Crippen molar-refractivity contribution in [1.29, 1.82) is 0 Å². The average Bonchev–Trinajstić information content (AvgIpc) is 3.13. The van der Waals surface area contributed by atoms with Gasteiger partial charge in [0.1, 0.15) is 23.5 Å². The van der Waals surface area contributed by atoms with Crippen LogP contribution >= 0.6 is 0 Å². The first-order valence-electron chi connectivity index (χ1n) is 8.55. The smallest absolute Gasteiger partial charge is 0.311 e. The van der Waals surface area contributed by atoms with Gasteiger partial charge in [0.2, 0.25) is 0 Å². The predicted octanol–water partition coefficient (Wildman–Crippen LogP) is 2.54. The summed E-state index contributed by atoms with van der Waals surface area (Å²) in [6.07, 6.45) is 3.87. The summed E-state index contributed by atoms with van der Waals surface area (Å²) >= 11 is 0. The average molecular weight is 373 g/mol. The van der Waals surface area contributed by atoms with Gasteiger partial charge < -0.3 is 15.0 Å². The Balaban J connectivity index is 1.69. The third-order valence-electron chi connectivity index (χ3n) is 5.08. The zero-order valence-electron chi connectivity index (χ0n) is 14.3. The molecule has 0 radical (unpaired) electrons. The molecule has 3 heterocycles. The molecule has 1 saturated heterocycles. The molecule has 1 aliphatic heterocycles. The van der Waals surface area contributed by atoms with Gasteiger partial charge in [0.05, 0.1) is 11.7 Å². The van der Waals surface area contributed by atoms with Crippen LogP contribution in [-0.2, 0) is 11.2 Å². The molecule has 0 bridgehead atoms. The second-order valence-corrected chi connectivity index (χ2v) is 6.82. The van der Waals surface area contributed by atoms with Crippen LogP contribution < -0.4 is 4.90 Å². The molecular formula is C18H17F2N5O2. The molecule has 1 fully saturated rings. The summed E-state index contributed by atoms with van der Waals surface area (Å²) in [5.41, 5.74) is 0.117. The maximum Gasteiger partial charge on any atom is 0.311 e. The molecule has 4 rings (SSSR count). The molecule has 1 aliphatic rings. The number of carboxylic acid groups (broad SMARTS) is 1. The number of fused-ring (bicyclic) bond motifs is 1. The first kappa shape index (κ1) is 17.3. The summed E-state index contributed by atoms with van der Waals surface area (Å²) in [6.45, 7) is 0.774. The summed E-state index contributed by atoms with van der Waals surface area (Å²) in [5.74, 6) is -1.85. The maximum absolute atomic E-state index is 14.1. The predicted molar refractivity (Wildman–Crippen MR) is 93.3 cm³/mol. The molecule has 27 heavy (non-hydrogen) atoms. The van der Waals surface area contributed by atoms with E-state index in [9.17, 15) is 18.7 Å². The fraction of sp³-hybridized carbons (Fsp3) is 0.333. The number of imidazole rings is 1. The largest absolute Gasteiger partial charge is 0.481 e. The van der Waals surface area contributed by atoms with Gasteiger partial charge in [-0.25, -0.2) is 23.7 Å². The number of aliphatic carboxylic acids is 1. The van der Waals surface area contributed by atoms with Crippen LogP contribution in [0.4, 0.5) is 14.6 Å². The molecule has 2 aromatic heterocycles. The highest BCUT2D eigenvalue weighted by atomic mass is 19.1. The number of nitrogens with one attached hydrogen (secondary N) is 1. The minimum absolute atomic E-state index is 0.0256. The number of hydrogen-bond acceptors (Lipinski definition) is 5. The number of carbonyl (C=O) groups is 1.